The number of hydrogen-bond acceptors (Lipinski definition) is 3. The van der Waals surface area contributed by atoms with E-state index in [1.807, 2.05) is 0 Å². The molecule has 64 valence electrons. The van der Waals surface area contributed by atoms with Crippen molar-refractivity contribution in [1.29, 1.82) is 0 Å². The molecule has 0 aliphatic carbocycles. The van der Waals surface area contributed by atoms with Crippen molar-refractivity contribution in [1.82, 2.24) is 0 Å². The summed E-state index contributed by atoms with van der Waals surface area (Å²) in [6.45, 7) is 1.58. The molecule has 0 bridgehead atoms. The van der Waals surface area contributed by atoms with Crippen LogP contribution in [0.4, 0.5) is 0 Å². The van der Waals surface area contributed by atoms with Crippen LogP contribution in [0.2, 0.25) is 0 Å². The predicted molar refractivity (Wildman–Crippen MR) is 43.0 cm³/mol. The van der Waals surface area contributed by atoms with Crippen molar-refractivity contribution in [2.24, 2.45) is 5.73 Å². The van der Waals surface area contributed by atoms with Crippen LogP contribution in [0.3, 0.4) is 0 Å². The first-order chi connectivity index (χ1) is 5.52. The summed E-state index contributed by atoms with van der Waals surface area (Å²) in [6.07, 6.45) is 0. The van der Waals surface area contributed by atoms with Crippen molar-refractivity contribution in [3.8, 4) is 11.5 Å². The zero-order valence-corrected chi connectivity index (χ0v) is 6.53. The minimum absolute atomic E-state index is 0.0489. The fraction of sp³-hybridized carbons (Fsp3) is 0.125. The second kappa shape index (κ2) is 2.73. The second-order valence-corrected chi connectivity index (χ2v) is 2.52. The van der Waals surface area contributed by atoms with Crippen LogP contribution in [0.15, 0.2) is 12.1 Å². The van der Waals surface area contributed by atoms with Crippen molar-refractivity contribution >= 4 is 5.91 Å². The Hall–Kier alpha value is -1.71. The molecule has 0 atom stereocenters. The molecule has 1 rings (SSSR count). The summed E-state index contributed by atoms with van der Waals surface area (Å²) in [4.78, 5) is 10.7. The Labute approximate surface area is 69.3 Å². The zero-order valence-electron chi connectivity index (χ0n) is 6.53. The van der Waals surface area contributed by atoms with Crippen LogP contribution in [0.1, 0.15) is 15.9 Å². The molecule has 12 heavy (non-hydrogen) atoms. The predicted octanol–water partition coefficient (Wildman–Crippen LogP) is 0.505. The molecule has 0 unspecified atom stereocenters. The summed E-state index contributed by atoms with van der Waals surface area (Å²) in [5, 5.41) is 18.2. The largest absolute Gasteiger partial charge is 0.508 e. The van der Waals surface area contributed by atoms with Gasteiger partial charge in [-0.15, -0.1) is 0 Å². The molecule has 0 spiro atoms. The number of carbonyl (C=O) groups excluding carboxylic acids is 1. The molecular formula is C8H9NO3. The van der Waals surface area contributed by atoms with Crippen molar-refractivity contribution < 1.29 is 15.0 Å². The van der Waals surface area contributed by atoms with Crippen LogP contribution in [0.25, 0.3) is 0 Å². The van der Waals surface area contributed by atoms with Gasteiger partial charge in [0.05, 0.1) is 5.56 Å². The highest BCUT2D eigenvalue weighted by Gasteiger charge is 2.11. The molecule has 0 saturated carbocycles. The molecule has 1 aromatic rings. The van der Waals surface area contributed by atoms with Gasteiger partial charge in [0, 0.05) is 6.07 Å². The van der Waals surface area contributed by atoms with E-state index in [1.165, 1.54) is 6.07 Å². The lowest BCUT2D eigenvalue weighted by Gasteiger charge is -2.04. The maximum Gasteiger partial charge on any atom is 0.252 e. The van der Waals surface area contributed by atoms with E-state index in [1.54, 1.807) is 6.92 Å². The lowest BCUT2D eigenvalue weighted by molar-refractivity contribution is 0.0997. The molecule has 1 aromatic carbocycles. The van der Waals surface area contributed by atoms with Gasteiger partial charge in [-0.2, -0.15) is 0 Å². The highest BCUT2D eigenvalue weighted by molar-refractivity contribution is 5.97. The average Bonchev–Trinajstić information content (AvgIpc) is 1.82. The van der Waals surface area contributed by atoms with Crippen molar-refractivity contribution in [3.63, 3.8) is 0 Å². The van der Waals surface area contributed by atoms with E-state index in [9.17, 15) is 9.90 Å². The Morgan fingerprint density at radius 2 is 2.00 bits per heavy atom. The summed E-state index contributed by atoms with van der Waals surface area (Å²) in [6, 6.07) is 2.44. The Morgan fingerprint density at radius 3 is 2.42 bits per heavy atom. The number of primary amides is 1. The normalized spacial score (nSPS) is 9.75. The first kappa shape index (κ1) is 8.39. The smallest absolute Gasteiger partial charge is 0.252 e. The Balaban J connectivity index is 3.38. The third kappa shape index (κ3) is 1.32. The molecule has 4 nitrogen and oxygen atoms in total. The standard InChI is InChI=1S/C8H9NO3/c1-4-2-5(10)3-6(11)7(4)8(9)12/h2-3,10-11H,1H3,(H2,9,12). The van der Waals surface area contributed by atoms with Gasteiger partial charge in [0.2, 0.25) is 0 Å². The van der Waals surface area contributed by atoms with Crippen LogP contribution in [-0.2, 0) is 0 Å². The van der Waals surface area contributed by atoms with Gasteiger partial charge in [-0.3, -0.25) is 4.79 Å². The molecular weight excluding hydrogens is 158 g/mol. The number of phenolic OH excluding ortho intramolecular Hbond substituents is 1. The molecule has 0 fully saturated rings. The van der Waals surface area contributed by atoms with Gasteiger partial charge in [-0.1, -0.05) is 0 Å². The van der Waals surface area contributed by atoms with Gasteiger partial charge < -0.3 is 15.9 Å². The summed E-state index contributed by atoms with van der Waals surface area (Å²) >= 11 is 0. The number of aryl methyl sites for hydroxylation is 1. The number of carbonyl (C=O) groups is 1. The Morgan fingerprint density at radius 1 is 1.42 bits per heavy atom. The van der Waals surface area contributed by atoms with E-state index in [-0.39, 0.29) is 17.1 Å². The van der Waals surface area contributed by atoms with Gasteiger partial charge in [-0.05, 0) is 18.6 Å². The van der Waals surface area contributed by atoms with E-state index < -0.39 is 5.91 Å². The number of phenols is 2. The van der Waals surface area contributed by atoms with Crippen molar-refractivity contribution in [2.75, 3.05) is 0 Å². The van der Waals surface area contributed by atoms with Gasteiger partial charge in [0.25, 0.3) is 5.91 Å². The summed E-state index contributed by atoms with van der Waals surface area (Å²) in [5.74, 6) is -1.08. The second-order valence-electron chi connectivity index (χ2n) is 2.52. The molecule has 0 saturated heterocycles. The van der Waals surface area contributed by atoms with E-state index in [4.69, 9.17) is 10.8 Å². The third-order valence-corrected chi connectivity index (χ3v) is 1.55. The minimum atomic E-state index is -0.704. The third-order valence-electron chi connectivity index (χ3n) is 1.55. The van der Waals surface area contributed by atoms with Crippen LogP contribution in [0, 0.1) is 6.92 Å². The Bertz CT molecular complexity index is 310. The van der Waals surface area contributed by atoms with E-state index in [0.717, 1.165) is 6.07 Å². The van der Waals surface area contributed by atoms with Crippen LogP contribution in [0.5, 0.6) is 11.5 Å². The number of amides is 1. The highest BCUT2D eigenvalue weighted by Crippen LogP contribution is 2.25. The summed E-state index contributed by atoms with van der Waals surface area (Å²) in [5.41, 5.74) is 5.49. The summed E-state index contributed by atoms with van der Waals surface area (Å²) in [7, 11) is 0. The van der Waals surface area contributed by atoms with Gasteiger partial charge in [-0.25, -0.2) is 0 Å². The van der Waals surface area contributed by atoms with Gasteiger partial charge in [0.15, 0.2) is 0 Å². The van der Waals surface area contributed by atoms with Gasteiger partial charge >= 0.3 is 0 Å². The van der Waals surface area contributed by atoms with Gasteiger partial charge in [0.1, 0.15) is 11.5 Å². The van der Waals surface area contributed by atoms with Crippen molar-refractivity contribution in [3.05, 3.63) is 23.3 Å². The van der Waals surface area contributed by atoms with E-state index in [0.29, 0.717) is 5.56 Å². The molecule has 0 heterocycles. The Kier molecular flexibility index (Phi) is 1.91. The monoisotopic (exact) mass is 167 g/mol. The lowest BCUT2D eigenvalue weighted by atomic mass is 10.1. The zero-order chi connectivity index (χ0) is 9.30. The van der Waals surface area contributed by atoms with Crippen LogP contribution >= 0.6 is 0 Å². The number of benzene rings is 1. The fourth-order valence-electron chi connectivity index (χ4n) is 1.07. The highest BCUT2D eigenvalue weighted by atomic mass is 16.3. The number of hydrogen-bond donors (Lipinski definition) is 3. The quantitative estimate of drug-likeness (QED) is 0.569. The molecule has 1 amide bonds. The van der Waals surface area contributed by atoms with Crippen LogP contribution < -0.4 is 5.73 Å². The maximum atomic E-state index is 10.7. The number of nitrogens with two attached hydrogens (primary N) is 1. The first-order valence-corrected chi connectivity index (χ1v) is 3.34. The maximum absolute atomic E-state index is 10.7. The molecule has 0 aliphatic heterocycles. The number of rotatable bonds is 1. The van der Waals surface area contributed by atoms with Crippen molar-refractivity contribution in [2.45, 2.75) is 6.92 Å². The molecule has 0 radical (unpaired) electrons. The average molecular weight is 167 g/mol. The fourth-order valence-corrected chi connectivity index (χ4v) is 1.07. The summed E-state index contributed by atoms with van der Waals surface area (Å²) < 4.78 is 0. The minimum Gasteiger partial charge on any atom is -0.508 e. The SMILES string of the molecule is Cc1cc(O)cc(O)c1C(N)=O. The molecule has 0 aromatic heterocycles. The van der Waals surface area contributed by atoms with Crippen LogP contribution in [-0.4, -0.2) is 16.1 Å². The topological polar surface area (TPSA) is 83.6 Å². The molecule has 4 heteroatoms. The first-order valence-electron chi connectivity index (χ1n) is 3.34. The molecule has 0 aliphatic rings. The van der Waals surface area contributed by atoms with E-state index >= 15 is 0 Å². The lowest BCUT2D eigenvalue weighted by Crippen LogP contribution is -2.12. The van der Waals surface area contributed by atoms with E-state index in [2.05, 4.69) is 0 Å². The number of aromatic hydroxyl groups is 2. The molecule has 4 N–H and O–H groups in total.